The summed E-state index contributed by atoms with van der Waals surface area (Å²) in [6.07, 6.45) is 1.59. The Kier molecular flexibility index (Phi) is 11.4. The van der Waals surface area contributed by atoms with Crippen LogP contribution in [0.1, 0.15) is 26.7 Å². The van der Waals surface area contributed by atoms with Gasteiger partial charge in [0.2, 0.25) is 5.91 Å². The van der Waals surface area contributed by atoms with Gasteiger partial charge in [-0.3, -0.25) is 14.4 Å². The summed E-state index contributed by atoms with van der Waals surface area (Å²) in [4.78, 5) is 40.9. The van der Waals surface area contributed by atoms with Gasteiger partial charge in [0.05, 0.1) is 17.2 Å². The average Bonchev–Trinajstić information content (AvgIpc) is 3.09. The Labute approximate surface area is 287 Å². The predicted molar refractivity (Wildman–Crippen MR) is 190 cm³/mol. The van der Waals surface area contributed by atoms with Crippen molar-refractivity contribution in [2.75, 3.05) is 17.7 Å². The summed E-state index contributed by atoms with van der Waals surface area (Å²) < 4.78 is 5.24. The summed E-state index contributed by atoms with van der Waals surface area (Å²) in [6.45, 7) is 0. The lowest BCUT2D eigenvalue weighted by Gasteiger charge is -2.18. The number of ether oxygens (including phenoxy) is 1. The first kappa shape index (κ1) is 33.3. The molecule has 0 aliphatic heterocycles. The van der Waals surface area contributed by atoms with Crippen LogP contribution in [0, 0.1) is 0 Å². The molecule has 0 saturated carbocycles. The summed E-state index contributed by atoms with van der Waals surface area (Å²) in [5.41, 5.74) is 2.92. The molecular formula is C37H29Cl2N3O4S. The van der Waals surface area contributed by atoms with E-state index in [-0.39, 0.29) is 11.6 Å². The zero-order valence-corrected chi connectivity index (χ0v) is 27.4. The van der Waals surface area contributed by atoms with Crippen LogP contribution in [0.15, 0.2) is 138 Å². The van der Waals surface area contributed by atoms with Crippen molar-refractivity contribution >= 4 is 70.1 Å². The van der Waals surface area contributed by atoms with Gasteiger partial charge in [-0.25, -0.2) is 0 Å². The molecule has 236 valence electrons. The molecule has 0 aliphatic carbocycles. The Balaban J connectivity index is 1.37. The zero-order valence-electron chi connectivity index (χ0n) is 25.1. The standard InChI is InChI=1S/C37H29Cl2N3O4S/c1-46-29-18-15-24(16-19-29)21-33(42-35(43)26-11-6-3-7-12-26)36(44)40-27-13-8-14-30(22-27)47-34(25-9-4-2-5-10-25)37(45)41-28-17-20-31(38)32(39)23-28/h2-23,34H,1H3,(H,40,44)(H,41,45)(H,42,43)/b33-21+. The molecule has 0 fully saturated rings. The number of hydrogen-bond donors (Lipinski definition) is 3. The first-order valence-corrected chi connectivity index (χ1v) is 16.0. The van der Waals surface area contributed by atoms with Gasteiger partial charge in [0, 0.05) is 21.8 Å². The van der Waals surface area contributed by atoms with Crippen molar-refractivity contribution in [3.63, 3.8) is 0 Å². The van der Waals surface area contributed by atoms with Gasteiger partial charge >= 0.3 is 0 Å². The van der Waals surface area contributed by atoms with E-state index in [0.29, 0.717) is 38.3 Å². The van der Waals surface area contributed by atoms with Crippen LogP contribution in [0.25, 0.3) is 6.08 Å². The SMILES string of the molecule is COc1ccc(/C=C(/NC(=O)c2ccccc2)C(=O)Nc2cccc(SC(C(=O)Nc3ccc(Cl)c(Cl)c3)c3ccccc3)c2)cc1. The van der Waals surface area contributed by atoms with Gasteiger partial charge < -0.3 is 20.7 Å². The average molecular weight is 683 g/mol. The van der Waals surface area contributed by atoms with Gasteiger partial charge in [0.1, 0.15) is 16.7 Å². The molecule has 0 bridgehead atoms. The van der Waals surface area contributed by atoms with Gasteiger partial charge in [-0.2, -0.15) is 0 Å². The van der Waals surface area contributed by atoms with Crippen molar-refractivity contribution in [1.29, 1.82) is 0 Å². The number of carbonyl (C=O) groups excluding carboxylic acids is 3. The number of nitrogens with one attached hydrogen (secondary N) is 3. The van der Waals surface area contributed by atoms with Crippen LogP contribution < -0.4 is 20.7 Å². The van der Waals surface area contributed by atoms with Crippen molar-refractivity contribution in [1.82, 2.24) is 5.32 Å². The normalized spacial score (nSPS) is 11.7. The maximum Gasteiger partial charge on any atom is 0.272 e. The monoisotopic (exact) mass is 681 g/mol. The number of halogens is 2. The fraction of sp³-hybridized carbons (Fsp3) is 0.0541. The van der Waals surface area contributed by atoms with E-state index in [0.717, 1.165) is 10.5 Å². The Hall–Kier alpha value is -5.02. The van der Waals surface area contributed by atoms with E-state index in [4.69, 9.17) is 27.9 Å². The molecule has 10 heteroatoms. The second-order valence-electron chi connectivity index (χ2n) is 10.2. The zero-order chi connectivity index (χ0) is 33.2. The number of carbonyl (C=O) groups is 3. The van der Waals surface area contributed by atoms with E-state index >= 15 is 0 Å². The third-order valence-corrected chi connectivity index (χ3v) is 8.82. The maximum atomic E-state index is 13.6. The van der Waals surface area contributed by atoms with Crippen molar-refractivity contribution in [3.05, 3.63) is 160 Å². The molecule has 47 heavy (non-hydrogen) atoms. The highest BCUT2D eigenvalue weighted by Crippen LogP contribution is 2.37. The molecule has 5 rings (SSSR count). The predicted octanol–water partition coefficient (Wildman–Crippen LogP) is 8.88. The number of hydrogen-bond acceptors (Lipinski definition) is 5. The molecule has 0 heterocycles. The minimum Gasteiger partial charge on any atom is -0.497 e. The van der Waals surface area contributed by atoms with Crippen LogP contribution in [0.4, 0.5) is 11.4 Å². The highest BCUT2D eigenvalue weighted by molar-refractivity contribution is 8.00. The van der Waals surface area contributed by atoms with E-state index in [1.54, 1.807) is 98.1 Å². The first-order chi connectivity index (χ1) is 22.8. The summed E-state index contributed by atoms with van der Waals surface area (Å²) >= 11 is 13.5. The minimum atomic E-state index is -0.632. The third kappa shape index (κ3) is 9.26. The van der Waals surface area contributed by atoms with E-state index in [2.05, 4.69) is 16.0 Å². The molecule has 7 nitrogen and oxygen atoms in total. The van der Waals surface area contributed by atoms with Crippen LogP contribution in [-0.2, 0) is 9.59 Å². The van der Waals surface area contributed by atoms with Gasteiger partial charge in [-0.15, -0.1) is 11.8 Å². The van der Waals surface area contributed by atoms with Gasteiger partial charge in [0.25, 0.3) is 11.8 Å². The van der Waals surface area contributed by atoms with Crippen LogP contribution >= 0.6 is 35.0 Å². The molecule has 5 aromatic carbocycles. The summed E-state index contributed by atoms with van der Waals surface area (Å²) in [5, 5.41) is 8.65. The third-order valence-electron chi connectivity index (χ3n) is 6.83. The van der Waals surface area contributed by atoms with Crippen molar-refractivity contribution in [2.24, 2.45) is 0 Å². The van der Waals surface area contributed by atoms with Crippen LogP contribution in [0.2, 0.25) is 10.0 Å². The molecule has 1 unspecified atom stereocenters. The molecule has 0 aliphatic rings. The van der Waals surface area contributed by atoms with E-state index in [9.17, 15) is 14.4 Å². The van der Waals surface area contributed by atoms with Crippen LogP contribution in [0.3, 0.4) is 0 Å². The highest BCUT2D eigenvalue weighted by atomic mass is 35.5. The van der Waals surface area contributed by atoms with Gasteiger partial charge in [-0.05, 0) is 77.9 Å². The summed E-state index contributed by atoms with van der Waals surface area (Å²) in [5.74, 6) is -0.551. The first-order valence-electron chi connectivity index (χ1n) is 14.4. The number of methoxy groups -OCH3 is 1. The van der Waals surface area contributed by atoms with Crippen LogP contribution in [0.5, 0.6) is 5.75 Å². The van der Waals surface area contributed by atoms with Gasteiger partial charge in [-0.1, -0.05) is 89.9 Å². The smallest absolute Gasteiger partial charge is 0.272 e. The Bertz CT molecular complexity index is 1900. The van der Waals surface area contributed by atoms with Crippen molar-refractivity contribution < 1.29 is 19.1 Å². The Morgan fingerprint density at radius 3 is 2.09 bits per heavy atom. The molecule has 0 saturated heterocycles. The second kappa shape index (κ2) is 16.0. The number of rotatable bonds is 11. The van der Waals surface area contributed by atoms with Crippen molar-refractivity contribution in [2.45, 2.75) is 10.1 Å². The van der Waals surface area contributed by atoms with Crippen LogP contribution in [-0.4, -0.2) is 24.8 Å². The largest absolute Gasteiger partial charge is 0.497 e. The molecule has 1 atom stereocenters. The number of benzene rings is 5. The highest BCUT2D eigenvalue weighted by Gasteiger charge is 2.23. The molecule has 3 N–H and O–H groups in total. The fourth-order valence-corrected chi connectivity index (χ4v) is 5.85. The van der Waals surface area contributed by atoms with E-state index in [1.807, 2.05) is 42.5 Å². The Morgan fingerprint density at radius 1 is 0.723 bits per heavy atom. The molecule has 0 aromatic heterocycles. The minimum absolute atomic E-state index is 0.0465. The molecule has 3 amide bonds. The quantitative estimate of drug-likeness (QED) is 0.0956. The lowest BCUT2D eigenvalue weighted by molar-refractivity contribution is -0.116. The summed E-state index contributed by atoms with van der Waals surface area (Å²) in [7, 11) is 1.57. The molecule has 0 radical (unpaired) electrons. The number of thioether (sulfide) groups is 1. The second-order valence-corrected chi connectivity index (χ2v) is 12.2. The topological polar surface area (TPSA) is 96.5 Å². The molecular weight excluding hydrogens is 653 g/mol. The fourth-order valence-electron chi connectivity index (χ4n) is 4.47. The molecule has 5 aromatic rings. The van der Waals surface area contributed by atoms with Crippen molar-refractivity contribution in [3.8, 4) is 5.75 Å². The van der Waals surface area contributed by atoms with E-state index in [1.165, 1.54) is 11.8 Å². The van der Waals surface area contributed by atoms with Gasteiger partial charge in [0.15, 0.2) is 0 Å². The maximum absolute atomic E-state index is 13.6. The lowest BCUT2D eigenvalue weighted by Crippen LogP contribution is -2.30. The number of anilines is 2. The number of amides is 3. The Morgan fingerprint density at radius 2 is 1.40 bits per heavy atom. The molecule has 0 spiro atoms. The van der Waals surface area contributed by atoms with E-state index < -0.39 is 17.1 Å². The summed E-state index contributed by atoms with van der Waals surface area (Å²) in [6, 6.07) is 37.2. The lowest BCUT2D eigenvalue weighted by atomic mass is 10.1.